The number of benzene rings is 2. The molecule has 2 aromatic carbocycles. The first kappa shape index (κ1) is 24.2. The highest BCUT2D eigenvalue weighted by atomic mass is 32.2. The van der Waals surface area contributed by atoms with Crippen LogP contribution in [0.2, 0.25) is 0 Å². The molecule has 0 spiro atoms. The van der Waals surface area contributed by atoms with Gasteiger partial charge in [0.05, 0.1) is 22.5 Å². The largest absolute Gasteiger partial charge is 0.372 e. The number of hydrogen-bond acceptors (Lipinski definition) is 6. The topological polar surface area (TPSA) is 73.5 Å². The molecule has 38 heavy (non-hydrogen) atoms. The van der Waals surface area contributed by atoms with Crippen LogP contribution in [0.1, 0.15) is 36.6 Å². The van der Waals surface area contributed by atoms with Crippen LogP contribution in [0.15, 0.2) is 58.4 Å². The Bertz CT molecular complexity index is 1480. The van der Waals surface area contributed by atoms with Crippen molar-refractivity contribution in [1.29, 1.82) is 0 Å². The van der Waals surface area contributed by atoms with Gasteiger partial charge in [-0.1, -0.05) is 23.5 Å². The summed E-state index contributed by atoms with van der Waals surface area (Å²) < 4.78 is 13.6. The number of rotatable bonds is 5. The molecule has 9 heteroatoms. The Labute approximate surface area is 228 Å². The molecule has 1 N–H and O–H groups in total. The molecule has 2 saturated carbocycles. The summed E-state index contributed by atoms with van der Waals surface area (Å²) in [6.07, 6.45) is 0.847. The first-order chi connectivity index (χ1) is 18.4. The molecule has 3 aromatic rings. The number of thioether (sulfide) groups is 1. The van der Waals surface area contributed by atoms with E-state index in [-0.39, 0.29) is 57.4 Å². The van der Waals surface area contributed by atoms with Crippen molar-refractivity contribution in [2.24, 2.45) is 29.6 Å². The first-order valence-corrected chi connectivity index (χ1v) is 15.0. The number of imide groups is 1. The van der Waals surface area contributed by atoms with E-state index in [4.69, 9.17) is 0 Å². The zero-order chi connectivity index (χ0) is 26.3. The number of H-pyrrole nitrogens is 1. The van der Waals surface area contributed by atoms with Crippen molar-refractivity contribution in [3.05, 3.63) is 74.5 Å². The minimum Gasteiger partial charge on any atom is -0.372 e. The predicted molar refractivity (Wildman–Crippen MR) is 147 cm³/mol. The van der Waals surface area contributed by atoms with Crippen LogP contribution in [0.5, 0.6) is 0 Å². The highest BCUT2D eigenvalue weighted by Crippen LogP contribution is 2.68. The summed E-state index contributed by atoms with van der Waals surface area (Å²) in [4.78, 5) is 47.5. The van der Waals surface area contributed by atoms with Gasteiger partial charge >= 0.3 is 4.87 Å². The summed E-state index contributed by atoms with van der Waals surface area (Å²) >= 11 is 2.97. The number of carbonyl (C=O) groups is 2. The summed E-state index contributed by atoms with van der Waals surface area (Å²) in [5, 5.41) is 1.06. The highest BCUT2D eigenvalue weighted by molar-refractivity contribution is 8.00. The van der Waals surface area contributed by atoms with Gasteiger partial charge in [-0.15, -0.1) is 11.8 Å². The number of nitrogens with one attached hydrogen (secondary N) is 1. The number of aromatic amines is 1. The Morgan fingerprint density at radius 3 is 2.26 bits per heavy atom. The molecule has 3 fully saturated rings. The number of thiazole rings is 1. The minimum atomic E-state index is -0.398. The van der Waals surface area contributed by atoms with Crippen LogP contribution >= 0.6 is 23.1 Å². The maximum Gasteiger partial charge on any atom is 0.305 e. The van der Waals surface area contributed by atoms with Crippen molar-refractivity contribution in [2.45, 2.75) is 36.5 Å². The number of amides is 2. The second-order valence-electron chi connectivity index (χ2n) is 10.7. The molecular formula is C29H28FN3O3S2. The van der Waals surface area contributed by atoms with Crippen LogP contribution in [0.3, 0.4) is 0 Å². The molecule has 196 valence electrons. The number of aromatic nitrogens is 1. The summed E-state index contributed by atoms with van der Waals surface area (Å²) in [5.74, 6) is -1.16. The van der Waals surface area contributed by atoms with Gasteiger partial charge < -0.3 is 9.88 Å². The maximum atomic E-state index is 13.8. The number of nitrogens with zero attached hydrogens (tertiary/aromatic N) is 2. The average molecular weight is 550 g/mol. The quantitative estimate of drug-likeness (QED) is 0.449. The molecule has 6 nitrogen and oxygen atoms in total. The molecule has 1 saturated heterocycles. The third-order valence-corrected chi connectivity index (χ3v) is 11.8. The Hall–Kier alpha value is -2.91. The van der Waals surface area contributed by atoms with E-state index in [1.54, 1.807) is 11.8 Å². The zero-order valence-corrected chi connectivity index (χ0v) is 22.7. The molecule has 2 amide bonds. The fourth-order valence-corrected chi connectivity index (χ4v) is 10.6. The van der Waals surface area contributed by atoms with E-state index in [2.05, 4.69) is 48.0 Å². The van der Waals surface area contributed by atoms with Crippen molar-refractivity contribution in [2.75, 3.05) is 22.9 Å². The van der Waals surface area contributed by atoms with Crippen molar-refractivity contribution in [1.82, 2.24) is 4.98 Å². The number of halogens is 1. The van der Waals surface area contributed by atoms with Gasteiger partial charge in [0, 0.05) is 34.8 Å². The lowest BCUT2D eigenvalue weighted by atomic mass is 9.68. The third kappa shape index (κ3) is 3.33. The van der Waals surface area contributed by atoms with E-state index in [0.29, 0.717) is 5.69 Å². The SMILES string of the molecule is CCN(CC)c1ccc([C@@H]2c3sc(=O)[nH]c3S[C@@H]3[C@@H]4C[C@@H]([C@@H]5C(=O)N(c6ccc(F)cc6)C(=O)[C@@H]45)[C@@H]23)cc1. The molecule has 1 aromatic heterocycles. The highest BCUT2D eigenvalue weighted by Gasteiger charge is 2.69. The van der Waals surface area contributed by atoms with E-state index in [0.717, 1.165) is 35.0 Å². The van der Waals surface area contributed by atoms with E-state index < -0.39 is 5.82 Å². The van der Waals surface area contributed by atoms with E-state index in [9.17, 15) is 18.8 Å². The number of anilines is 2. The fourth-order valence-electron chi connectivity index (χ4n) is 7.72. The molecule has 7 atom stereocenters. The number of fused-ring (bicyclic) bond motifs is 9. The van der Waals surface area contributed by atoms with Crippen LogP contribution in [-0.2, 0) is 9.59 Å². The van der Waals surface area contributed by atoms with Crippen LogP contribution in [0.4, 0.5) is 15.8 Å². The molecule has 3 heterocycles. The summed E-state index contributed by atoms with van der Waals surface area (Å²) in [5.41, 5.74) is 2.77. The van der Waals surface area contributed by atoms with Gasteiger partial charge in [0.1, 0.15) is 5.82 Å². The number of hydrogen-bond donors (Lipinski definition) is 1. The lowest BCUT2D eigenvalue weighted by Crippen LogP contribution is -2.42. The van der Waals surface area contributed by atoms with Gasteiger partial charge in [0.2, 0.25) is 11.8 Å². The second kappa shape index (κ2) is 8.81. The van der Waals surface area contributed by atoms with Crippen LogP contribution < -0.4 is 14.7 Å². The van der Waals surface area contributed by atoms with E-state index in [1.165, 1.54) is 46.2 Å². The molecule has 7 rings (SSSR count). The average Bonchev–Trinajstić information content (AvgIpc) is 3.65. The Morgan fingerprint density at radius 1 is 0.947 bits per heavy atom. The molecule has 2 bridgehead atoms. The molecule has 4 aliphatic rings. The summed E-state index contributed by atoms with van der Waals surface area (Å²) in [6, 6.07) is 14.3. The lowest BCUT2D eigenvalue weighted by molar-refractivity contribution is -0.123. The molecular weight excluding hydrogens is 521 g/mol. The fraction of sp³-hybridized carbons (Fsp3) is 0.414. The first-order valence-electron chi connectivity index (χ1n) is 13.3. The smallest absolute Gasteiger partial charge is 0.305 e. The second-order valence-corrected chi connectivity index (χ2v) is 12.9. The monoisotopic (exact) mass is 549 g/mol. The zero-order valence-electron chi connectivity index (χ0n) is 21.1. The van der Waals surface area contributed by atoms with Gasteiger partial charge in [-0.25, -0.2) is 4.39 Å². The van der Waals surface area contributed by atoms with Gasteiger partial charge in [-0.05, 0) is 80.0 Å². The minimum absolute atomic E-state index is 0.00433. The van der Waals surface area contributed by atoms with Gasteiger partial charge in [0.15, 0.2) is 0 Å². The van der Waals surface area contributed by atoms with Gasteiger partial charge in [0.25, 0.3) is 0 Å². The number of carbonyl (C=O) groups excluding carboxylic acids is 2. The molecule has 0 radical (unpaired) electrons. The van der Waals surface area contributed by atoms with Crippen LogP contribution in [0, 0.1) is 35.4 Å². The maximum absolute atomic E-state index is 13.8. The van der Waals surface area contributed by atoms with Gasteiger partial charge in [-0.2, -0.15) is 0 Å². The standard InChI is InChI=1S/C29H28FN3O3S2/c1-3-32(4-2)16-9-5-14(6-10-16)20-21-18-13-19(24(21)37-26-25(20)38-29(36)31-26)23-22(18)27(34)33(28(23)35)17-11-7-15(30)8-12-17/h5-12,18-24H,3-4,13H2,1-2H3,(H,31,36)/t18-,19-,20+,21+,22+,23+,24-/m1/s1. The predicted octanol–water partition coefficient (Wildman–Crippen LogP) is 5.10. The van der Waals surface area contributed by atoms with Crippen molar-refractivity contribution < 1.29 is 14.0 Å². The Kier molecular flexibility index (Phi) is 5.60. The molecule has 2 aliphatic carbocycles. The van der Waals surface area contributed by atoms with Crippen LogP contribution in [0.25, 0.3) is 0 Å². The Balaban J connectivity index is 1.28. The van der Waals surface area contributed by atoms with Crippen molar-refractivity contribution in [3.8, 4) is 0 Å². The lowest BCUT2D eigenvalue weighted by Gasteiger charge is -2.43. The van der Waals surface area contributed by atoms with Crippen molar-refractivity contribution in [3.63, 3.8) is 0 Å². The summed E-state index contributed by atoms with van der Waals surface area (Å²) in [7, 11) is 0. The van der Waals surface area contributed by atoms with Crippen molar-refractivity contribution >= 4 is 46.3 Å². The van der Waals surface area contributed by atoms with Crippen LogP contribution in [-0.4, -0.2) is 35.1 Å². The molecule has 2 aliphatic heterocycles. The summed E-state index contributed by atoms with van der Waals surface area (Å²) in [6.45, 7) is 6.14. The van der Waals surface area contributed by atoms with Gasteiger partial charge in [-0.3, -0.25) is 19.3 Å². The normalized spacial score (nSPS) is 30.9. The van der Waals surface area contributed by atoms with E-state index >= 15 is 0 Å². The molecule has 0 unspecified atom stereocenters. The Morgan fingerprint density at radius 2 is 1.61 bits per heavy atom. The third-order valence-electron chi connectivity index (χ3n) is 9.19. The van der Waals surface area contributed by atoms with E-state index in [1.807, 2.05) is 0 Å².